The van der Waals surface area contributed by atoms with Crippen LogP contribution in [0.25, 0.3) is 93.5 Å². The number of rotatable bonds is 8. The summed E-state index contributed by atoms with van der Waals surface area (Å²) in [5.41, 5.74) is 16.4. The van der Waals surface area contributed by atoms with Crippen LogP contribution < -0.4 is 4.90 Å². The van der Waals surface area contributed by atoms with Gasteiger partial charge in [0.1, 0.15) is 0 Å². The fourth-order valence-electron chi connectivity index (χ4n) is 9.80. The first-order chi connectivity index (χ1) is 31.8. The second-order valence-electron chi connectivity index (χ2n) is 16.5. The summed E-state index contributed by atoms with van der Waals surface area (Å²) in [6.07, 6.45) is 0. The minimum absolute atomic E-state index is 1.09. The highest BCUT2D eigenvalue weighted by atomic mass is 15.1. The van der Waals surface area contributed by atoms with Crippen molar-refractivity contribution in [2.75, 3.05) is 4.90 Å². The van der Waals surface area contributed by atoms with Crippen LogP contribution in [0.15, 0.2) is 255 Å². The van der Waals surface area contributed by atoms with Crippen LogP contribution in [0, 0.1) is 0 Å². The lowest BCUT2D eigenvalue weighted by atomic mass is 9.93. The zero-order valence-corrected chi connectivity index (χ0v) is 35.1. The maximum Gasteiger partial charge on any atom is 0.0547 e. The summed E-state index contributed by atoms with van der Waals surface area (Å²) in [5.74, 6) is 0. The van der Waals surface area contributed by atoms with Crippen molar-refractivity contribution in [3.05, 3.63) is 255 Å². The van der Waals surface area contributed by atoms with Crippen LogP contribution in [0.1, 0.15) is 0 Å². The molecule has 0 radical (unpaired) electrons. The van der Waals surface area contributed by atoms with E-state index in [2.05, 4.69) is 264 Å². The van der Waals surface area contributed by atoms with E-state index in [1.54, 1.807) is 0 Å². The van der Waals surface area contributed by atoms with Gasteiger partial charge in [-0.3, -0.25) is 0 Å². The van der Waals surface area contributed by atoms with E-state index in [0.29, 0.717) is 0 Å². The molecule has 0 aliphatic heterocycles. The summed E-state index contributed by atoms with van der Waals surface area (Å²) < 4.78 is 2.45. The number of anilines is 3. The molecular formula is C62H42N2. The van der Waals surface area contributed by atoms with Gasteiger partial charge < -0.3 is 9.47 Å². The molecule has 0 aliphatic rings. The highest BCUT2D eigenvalue weighted by Gasteiger charge is 2.19. The van der Waals surface area contributed by atoms with Crippen LogP contribution in [-0.2, 0) is 0 Å². The molecule has 0 bridgehead atoms. The molecular weight excluding hydrogens is 773 g/mol. The van der Waals surface area contributed by atoms with Gasteiger partial charge in [0.15, 0.2) is 0 Å². The summed E-state index contributed by atoms with van der Waals surface area (Å²) in [5, 5.41) is 7.57. The van der Waals surface area contributed by atoms with Gasteiger partial charge in [-0.15, -0.1) is 0 Å². The number of nitrogens with zero attached hydrogens (tertiary/aromatic N) is 2. The fraction of sp³-hybridized carbons (Fsp3) is 0. The molecule has 300 valence electrons. The third kappa shape index (κ3) is 6.44. The summed E-state index contributed by atoms with van der Waals surface area (Å²) in [6, 6.07) is 92.5. The minimum Gasteiger partial charge on any atom is -0.311 e. The molecule has 2 nitrogen and oxygen atoms in total. The SMILES string of the molecule is c1ccc(-c2ccc(N(c3ccc(-c4ccccc4-n4c5ccccc5c5c(-c6ccccc6)cccc54)cc3)c3ccc(-c4cc5ccccc5c5ccccc45)cc3)cc2)cc1. The number of hydrogen-bond acceptors (Lipinski definition) is 1. The monoisotopic (exact) mass is 814 g/mol. The van der Waals surface area contributed by atoms with Crippen LogP contribution in [0.2, 0.25) is 0 Å². The van der Waals surface area contributed by atoms with E-state index < -0.39 is 0 Å². The molecule has 64 heavy (non-hydrogen) atoms. The first kappa shape index (κ1) is 37.3. The van der Waals surface area contributed by atoms with Gasteiger partial charge in [0.2, 0.25) is 0 Å². The molecule has 0 saturated heterocycles. The number of benzene rings is 11. The Morgan fingerprint density at radius 1 is 0.266 bits per heavy atom. The van der Waals surface area contributed by atoms with E-state index in [1.165, 1.54) is 82.3 Å². The van der Waals surface area contributed by atoms with E-state index in [4.69, 9.17) is 0 Å². The Bertz CT molecular complexity index is 3620. The molecule has 0 unspecified atom stereocenters. The topological polar surface area (TPSA) is 8.17 Å². The first-order valence-electron chi connectivity index (χ1n) is 22.0. The van der Waals surface area contributed by atoms with Crippen molar-refractivity contribution in [3.63, 3.8) is 0 Å². The van der Waals surface area contributed by atoms with Gasteiger partial charge >= 0.3 is 0 Å². The Morgan fingerprint density at radius 2 is 0.719 bits per heavy atom. The van der Waals surface area contributed by atoms with Gasteiger partial charge in [0.05, 0.1) is 16.7 Å². The van der Waals surface area contributed by atoms with Crippen molar-refractivity contribution in [2.45, 2.75) is 0 Å². The Morgan fingerprint density at radius 3 is 1.41 bits per heavy atom. The third-order valence-electron chi connectivity index (χ3n) is 12.8. The molecule has 0 fully saturated rings. The summed E-state index contributed by atoms with van der Waals surface area (Å²) in [6.45, 7) is 0. The van der Waals surface area contributed by atoms with Crippen molar-refractivity contribution in [1.82, 2.24) is 4.57 Å². The average Bonchev–Trinajstić information content (AvgIpc) is 3.72. The molecule has 1 aromatic heterocycles. The molecule has 11 aromatic carbocycles. The Kier molecular flexibility index (Phi) is 9.20. The lowest BCUT2D eigenvalue weighted by Gasteiger charge is -2.26. The maximum absolute atomic E-state index is 2.45. The second-order valence-corrected chi connectivity index (χ2v) is 16.5. The molecule has 0 saturated carbocycles. The van der Waals surface area contributed by atoms with Crippen LogP contribution in [-0.4, -0.2) is 4.57 Å². The summed E-state index contributed by atoms with van der Waals surface area (Å²) in [4.78, 5) is 2.37. The molecule has 12 rings (SSSR count). The van der Waals surface area contributed by atoms with Gasteiger partial charge in [0, 0.05) is 33.4 Å². The largest absolute Gasteiger partial charge is 0.311 e. The quantitative estimate of drug-likeness (QED) is 0.139. The lowest BCUT2D eigenvalue weighted by molar-refractivity contribution is 1.18. The predicted octanol–water partition coefficient (Wildman–Crippen LogP) is 17.2. The first-order valence-corrected chi connectivity index (χ1v) is 22.0. The minimum atomic E-state index is 1.09. The normalized spacial score (nSPS) is 11.4. The Hall–Kier alpha value is -8.46. The summed E-state index contributed by atoms with van der Waals surface area (Å²) >= 11 is 0. The number of aromatic nitrogens is 1. The average molecular weight is 815 g/mol. The zero-order chi connectivity index (χ0) is 42.4. The molecule has 2 heteroatoms. The molecule has 1 heterocycles. The van der Waals surface area contributed by atoms with E-state index in [1.807, 2.05) is 0 Å². The fourth-order valence-corrected chi connectivity index (χ4v) is 9.80. The number of para-hydroxylation sites is 2. The van der Waals surface area contributed by atoms with Crippen molar-refractivity contribution >= 4 is 60.4 Å². The lowest BCUT2D eigenvalue weighted by Crippen LogP contribution is -2.09. The van der Waals surface area contributed by atoms with Gasteiger partial charge in [-0.05, 0) is 121 Å². The van der Waals surface area contributed by atoms with Crippen molar-refractivity contribution in [2.24, 2.45) is 0 Å². The van der Waals surface area contributed by atoms with Gasteiger partial charge in [-0.2, -0.15) is 0 Å². The van der Waals surface area contributed by atoms with Crippen molar-refractivity contribution < 1.29 is 0 Å². The molecule has 0 aliphatic carbocycles. The number of fused-ring (bicyclic) bond motifs is 6. The van der Waals surface area contributed by atoms with Crippen LogP contribution in [0.5, 0.6) is 0 Å². The Labute approximate surface area is 373 Å². The van der Waals surface area contributed by atoms with Crippen LogP contribution in [0.3, 0.4) is 0 Å². The summed E-state index contributed by atoms with van der Waals surface area (Å²) in [7, 11) is 0. The molecule has 0 N–H and O–H groups in total. The van der Waals surface area contributed by atoms with Gasteiger partial charge in [0.25, 0.3) is 0 Å². The van der Waals surface area contributed by atoms with E-state index in [-0.39, 0.29) is 0 Å². The second kappa shape index (κ2) is 15.8. The molecule has 0 amide bonds. The van der Waals surface area contributed by atoms with Gasteiger partial charge in [-0.1, -0.05) is 194 Å². The highest BCUT2D eigenvalue weighted by Crippen LogP contribution is 2.43. The standard InChI is InChI=1S/C62H42N2/c1-3-16-43(17-4-1)44-30-36-49(37-31-44)63(51-40-34-47(35-41-51)58-42-48-20-7-8-21-52(48)55-23-9-10-24-56(55)58)50-38-32-46(33-39-50)53-22-11-13-27-59(53)64-60-28-14-12-25-57(60)62-54(26-15-29-61(62)64)45-18-5-2-6-19-45/h1-42H. The van der Waals surface area contributed by atoms with E-state index >= 15 is 0 Å². The van der Waals surface area contributed by atoms with Crippen LogP contribution >= 0.6 is 0 Å². The molecule has 0 spiro atoms. The molecule has 0 atom stereocenters. The van der Waals surface area contributed by atoms with Gasteiger partial charge in [-0.25, -0.2) is 0 Å². The zero-order valence-electron chi connectivity index (χ0n) is 35.1. The highest BCUT2D eigenvalue weighted by molar-refractivity contribution is 6.16. The molecule has 12 aromatic rings. The van der Waals surface area contributed by atoms with Crippen LogP contribution in [0.4, 0.5) is 17.1 Å². The van der Waals surface area contributed by atoms with Crippen molar-refractivity contribution in [3.8, 4) is 50.2 Å². The van der Waals surface area contributed by atoms with E-state index in [9.17, 15) is 0 Å². The maximum atomic E-state index is 2.45. The number of hydrogen-bond donors (Lipinski definition) is 0. The van der Waals surface area contributed by atoms with Crippen molar-refractivity contribution in [1.29, 1.82) is 0 Å². The Balaban J connectivity index is 0.963. The smallest absolute Gasteiger partial charge is 0.0547 e. The van der Waals surface area contributed by atoms with E-state index in [0.717, 1.165) is 28.3 Å². The predicted molar refractivity (Wildman–Crippen MR) is 272 cm³/mol. The third-order valence-corrected chi connectivity index (χ3v) is 12.8.